The van der Waals surface area contributed by atoms with Gasteiger partial charge in [-0.1, -0.05) is 22.0 Å². The van der Waals surface area contributed by atoms with Crippen molar-refractivity contribution in [1.82, 2.24) is 0 Å². The van der Waals surface area contributed by atoms with Crippen LogP contribution in [0, 0.1) is 0 Å². The molecule has 0 bridgehead atoms. The summed E-state index contributed by atoms with van der Waals surface area (Å²) in [6.45, 7) is -0.0720. The third kappa shape index (κ3) is 4.75. The van der Waals surface area contributed by atoms with Crippen molar-refractivity contribution >= 4 is 43.5 Å². The predicted molar refractivity (Wildman–Crippen MR) is 89.0 cm³/mol. The number of ether oxygens (including phenoxy) is 2. The molecule has 6 heteroatoms. The quantitative estimate of drug-likeness (QED) is 0.795. The second-order valence-electron chi connectivity index (χ2n) is 4.14. The highest BCUT2D eigenvalue weighted by Crippen LogP contribution is 2.28. The van der Waals surface area contributed by atoms with Crippen molar-refractivity contribution in [3.63, 3.8) is 0 Å². The number of hydrogen-bond donors (Lipinski definition) is 1. The predicted octanol–water partition coefficient (Wildman–Crippen LogP) is 4.24. The summed E-state index contributed by atoms with van der Waals surface area (Å²) in [7, 11) is 1.58. The standard InChI is InChI=1S/C15H13Br2NO3/c1-20-12-4-2-3-11(8-12)18-15(19)9-21-14-6-5-10(16)7-13(14)17/h2-8H,9H2,1H3,(H,18,19). The van der Waals surface area contributed by atoms with Gasteiger partial charge in [0.25, 0.3) is 5.91 Å². The molecule has 0 aromatic heterocycles. The summed E-state index contributed by atoms with van der Waals surface area (Å²) >= 11 is 6.74. The Morgan fingerprint density at radius 2 is 2.00 bits per heavy atom. The minimum Gasteiger partial charge on any atom is -0.497 e. The third-order valence-corrected chi connectivity index (χ3v) is 3.72. The van der Waals surface area contributed by atoms with E-state index in [1.165, 1.54) is 0 Å². The fourth-order valence-electron chi connectivity index (χ4n) is 1.63. The van der Waals surface area contributed by atoms with Crippen molar-refractivity contribution in [1.29, 1.82) is 0 Å². The van der Waals surface area contributed by atoms with E-state index in [0.717, 1.165) is 8.95 Å². The lowest BCUT2D eigenvalue weighted by molar-refractivity contribution is -0.118. The molecule has 1 N–H and O–H groups in total. The molecular formula is C15H13Br2NO3. The van der Waals surface area contributed by atoms with Gasteiger partial charge in [-0.15, -0.1) is 0 Å². The highest BCUT2D eigenvalue weighted by Gasteiger charge is 2.07. The van der Waals surface area contributed by atoms with E-state index < -0.39 is 0 Å². The van der Waals surface area contributed by atoms with Gasteiger partial charge in [0.2, 0.25) is 0 Å². The van der Waals surface area contributed by atoms with E-state index in [2.05, 4.69) is 37.2 Å². The van der Waals surface area contributed by atoms with Gasteiger partial charge in [0.15, 0.2) is 6.61 Å². The Morgan fingerprint density at radius 1 is 1.19 bits per heavy atom. The highest BCUT2D eigenvalue weighted by molar-refractivity contribution is 9.11. The van der Waals surface area contributed by atoms with Gasteiger partial charge in [-0.05, 0) is 46.3 Å². The zero-order chi connectivity index (χ0) is 15.2. The first kappa shape index (κ1) is 15.9. The molecule has 0 unspecified atom stereocenters. The Labute approximate surface area is 139 Å². The lowest BCUT2D eigenvalue weighted by Crippen LogP contribution is -2.20. The zero-order valence-electron chi connectivity index (χ0n) is 11.2. The van der Waals surface area contributed by atoms with E-state index in [9.17, 15) is 4.79 Å². The second-order valence-corrected chi connectivity index (χ2v) is 5.91. The van der Waals surface area contributed by atoms with Gasteiger partial charge >= 0.3 is 0 Å². The molecule has 0 aliphatic rings. The maximum Gasteiger partial charge on any atom is 0.262 e. The Hall–Kier alpha value is -1.53. The first-order chi connectivity index (χ1) is 10.1. The average molecular weight is 415 g/mol. The van der Waals surface area contributed by atoms with E-state index in [1.54, 1.807) is 31.4 Å². The zero-order valence-corrected chi connectivity index (χ0v) is 14.4. The summed E-state index contributed by atoms with van der Waals surface area (Å²) in [6.07, 6.45) is 0. The largest absolute Gasteiger partial charge is 0.497 e. The first-order valence-corrected chi connectivity index (χ1v) is 7.69. The summed E-state index contributed by atoms with van der Waals surface area (Å²) in [5.41, 5.74) is 0.665. The van der Waals surface area contributed by atoms with Crippen molar-refractivity contribution < 1.29 is 14.3 Å². The Morgan fingerprint density at radius 3 is 2.71 bits per heavy atom. The number of carbonyl (C=O) groups excluding carboxylic acids is 1. The lowest BCUT2D eigenvalue weighted by Gasteiger charge is -2.10. The molecule has 21 heavy (non-hydrogen) atoms. The maximum atomic E-state index is 11.9. The van der Waals surface area contributed by atoms with Crippen LogP contribution < -0.4 is 14.8 Å². The summed E-state index contributed by atoms with van der Waals surface area (Å²) in [5.74, 6) is 1.06. The third-order valence-electron chi connectivity index (χ3n) is 2.61. The monoisotopic (exact) mass is 413 g/mol. The number of rotatable bonds is 5. The van der Waals surface area contributed by atoms with Gasteiger partial charge in [-0.3, -0.25) is 4.79 Å². The number of amides is 1. The molecule has 2 aromatic carbocycles. The molecule has 0 fully saturated rings. The van der Waals surface area contributed by atoms with Gasteiger partial charge in [-0.25, -0.2) is 0 Å². The fraction of sp³-hybridized carbons (Fsp3) is 0.133. The van der Waals surface area contributed by atoms with Crippen LogP contribution in [-0.4, -0.2) is 19.6 Å². The number of benzene rings is 2. The molecule has 0 spiro atoms. The molecule has 2 aromatic rings. The molecule has 1 amide bonds. The molecular weight excluding hydrogens is 402 g/mol. The summed E-state index contributed by atoms with van der Waals surface area (Å²) in [6, 6.07) is 12.6. The van der Waals surface area contributed by atoms with Crippen LogP contribution in [0.15, 0.2) is 51.4 Å². The Balaban J connectivity index is 1.92. The van der Waals surface area contributed by atoms with Gasteiger partial charge in [0.05, 0.1) is 11.6 Å². The fourth-order valence-corrected chi connectivity index (χ4v) is 2.79. The molecule has 0 saturated carbocycles. The SMILES string of the molecule is COc1cccc(NC(=O)COc2ccc(Br)cc2Br)c1. The van der Waals surface area contributed by atoms with E-state index in [-0.39, 0.29) is 12.5 Å². The van der Waals surface area contributed by atoms with Crippen molar-refractivity contribution in [2.45, 2.75) is 0 Å². The van der Waals surface area contributed by atoms with Crippen LogP contribution in [0.1, 0.15) is 0 Å². The lowest BCUT2D eigenvalue weighted by atomic mass is 10.3. The highest BCUT2D eigenvalue weighted by atomic mass is 79.9. The van der Waals surface area contributed by atoms with Gasteiger partial charge in [0.1, 0.15) is 11.5 Å². The maximum absolute atomic E-state index is 11.9. The van der Waals surface area contributed by atoms with Crippen LogP contribution in [0.5, 0.6) is 11.5 Å². The molecule has 0 aliphatic heterocycles. The van der Waals surface area contributed by atoms with Crippen LogP contribution in [0.25, 0.3) is 0 Å². The molecule has 0 heterocycles. The second kappa shape index (κ2) is 7.47. The molecule has 0 saturated heterocycles. The van der Waals surface area contributed by atoms with E-state index in [4.69, 9.17) is 9.47 Å². The van der Waals surface area contributed by atoms with E-state index >= 15 is 0 Å². The van der Waals surface area contributed by atoms with Crippen LogP contribution in [0.3, 0.4) is 0 Å². The molecule has 110 valence electrons. The van der Waals surface area contributed by atoms with E-state index in [0.29, 0.717) is 17.2 Å². The molecule has 4 nitrogen and oxygen atoms in total. The number of halogens is 2. The van der Waals surface area contributed by atoms with Gasteiger partial charge in [0, 0.05) is 16.2 Å². The van der Waals surface area contributed by atoms with Crippen LogP contribution >= 0.6 is 31.9 Å². The number of methoxy groups -OCH3 is 1. The van der Waals surface area contributed by atoms with Crippen molar-refractivity contribution in [3.05, 3.63) is 51.4 Å². The minimum atomic E-state index is -0.238. The topological polar surface area (TPSA) is 47.6 Å². The Bertz CT molecular complexity index is 647. The normalized spacial score (nSPS) is 10.0. The first-order valence-electron chi connectivity index (χ1n) is 6.10. The number of hydrogen-bond acceptors (Lipinski definition) is 3. The number of carbonyl (C=O) groups is 1. The van der Waals surface area contributed by atoms with Crippen LogP contribution in [0.4, 0.5) is 5.69 Å². The Kier molecular flexibility index (Phi) is 5.64. The molecule has 2 rings (SSSR count). The van der Waals surface area contributed by atoms with Crippen molar-refractivity contribution in [2.75, 3.05) is 19.0 Å². The van der Waals surface area contributed by atoms with Gasteiger partial charge < -0.3 is 14.8 Å². The van der Waals surface area contributed by atoms with Crippen LogP contribution in [0.2, 0.25) is 0 Å². The smallest absolute Gasteiger partial charge is 0.262 e. The summed E-state index contributed by atoms with van der Waals surface area (Å²) in [5, 5.41) is 2.75. The number of nitrogens with one attached hydrogen (secondary N) is 1. The van der Waals surface area contributed by atoms with Crippen LogP contribution in [-0.2, 0) is 4.79 Å². The van der Waals surface area contributed by atoms with Gasteiger partial charge in [-0.2, -0.15) is 0 Å². The van der Waals surface area contributed by atoms with Crippen molar-refractivity contribution in [3.8, 4) is 11.5 Å². The van der Waals surface area contributed by atoms with Crippen molar-refractivity contribution in [2.24, 2.45) is 0 Å². The summed E-state index contributed by atoms with van der Waals surface area (Å²) < 4.78 is 12.3. The average Bonchev–Trinajstić information content (AvgIpc) is 2.46. The number of anilines is 1. The molecule has 0 aliphatic carbocycles. The summed E-state index contributed by atoms with van der Waals surface area (Å²) in [4.78, 5) is 11.9. The molecule has 0 radical (unpaired) electrons. The van der Waals surface area contributed by atoms with E-state index in [1.807, 2.05) is 18.2 Å². The molecule has 0 atom stereocenters. The minimum absolute atomic E-state index is 0.0720.